The Kier molecular flexibility index (Phi) is 5.23. The predicted molar refractivity (Wildman–Crippen MR) is 125 cm³/mol. The fraction of sp³-hybridized carbons (Fsp3) is 0.385. The van der Waals surface area contributed by atoms with Gasteiger partial charge in [-0.1, -0.05) is 0 Å². The van der Waals surface area contributed by atoms with Crippen LogP contribution in [0.4, 0.5) is 18.9 Å². The first-order chi connectivity index (χ1) is 18.1. The molecule has 2 aromatic heterocycles. The van der Waals surface area contributed by atoms with E-state index in [0.717, 1.165) is 6.33 Å². The van der Waals surface area contributed by atoms with Crippen molar-refractivity contribution in [1.29, 1.82) is 5.26 Å². The highest BCUT2D eigenvalue weighted by atomic mass is 19.4. The molecule has 3 fully saturated rings. The van der Waals surface area contributed by atoms with Crippen molar-refractivity contribution in [2.75, 3.05) is 11.5 Å². The Balaban J connectivity index is 1.30. The average Bonchev–Trinajstić information content (AvgIpc) is 3.47. The molecule has 0 saturated carbocycles. The molecule has 0 radical (unpaired) electrons. The molecule has 2 bridgehead atoms. The summed E-state index contributed by atoms with van der Waals surface area (Å²) in [5, 5.41) is 9.97. The fourth-order valence-corrected chi connectivity index (χ4v) is 6.19. The number of halogens is 3. The summed E-state index contributed by atoms with van der Waals surface area (Å²) in [7, 11) is 0. The molecule has 1 aromatic carbocycles. The molecule has 3 saturated heterocycles. The van der Waals surface area contributed by atoms with Gasteiger partial charge in [0.25, 0.3) is 0 Å². The Labute approximate surface area is 214 Å². The number of fused-ring (bicyclic) bond motifs is 6. The van der Waals surface area contributed by atoms with E-state index < -0.39 is 40.8 Å². The van der Waals surface area contributed by atoms with Crippen molar-refractivity contribution in [2.24, 2.45) is 11.8 Å². The number of ether oxygens (including phenoxy) is 2. The van der Waals surface area contributed by atoms with Crippen molar-refractivity contribution in [3.8, 4) is 11.9 Å². The number of hydrogen-bond donors (Lipinski definition) is 0. The second-order valence-corrected chi connectivity index (χ2v) is 9.93. The quantitative estimate of drug-likeness (QED) is 0.464. The van der Waals surface area contributed by atoms with Gasteiger partial charge in [-0.25, -0.2) is 14.9 Å². The lowest BCUT2D eigenvalue weighted by atomic mass is 9.67. The predicted octanol–water partition coefficient (Wildman–Crippen LogP) is 3.81. The van der Waals surface area contributed by atoms with Crippen molar-refractivity contribution in [3.05, 3.63) is 54.1 Å². The van der Waals surface area contributed by atoms with Crippen LogP contribution in [0.15, 0.2) is 42.9 Å². The van der Waals surface area contributed by atoms with Crippen LogP contribution < -0.4 is 9.64 Å². The maximum atomic E-state index is 13.9. The SMILES string of the molecule is CC12CCC(CCOc3cc(C(F)(F)F)ncn3)(O1)[C@@H]1C(=O)N(c3ccc(C#N)c4ncccc34)C(=O)[C@@H]12. The number of nitriles is 1. The van der Waals surface area contributed by atoms with Gasteiger partial charge in [0.1, 0.15) is 12.4 Å². The molecule has 2 unspecified atom stereocenters. The lowest BCUT2D eigenvalue weighted by Crippen LogP contribution is -2.43. The van der Waals surface area contributed by atoms with Crippen LogP contribution in [0.3, 0.4) is 0 Å². The first kappa shape index (κ1) is 24.2. The van der Waals surface area contributed by atoms with E-state index in [0.29, 0.717) is 41.1 Å². The Morgan fingerprint density at radius 2 is 1.95 bits per heavy atom. The van der Waals surface area contributed by atoms with Crippen LogP contribution in [0.25, 0.3) is 10.9 Å². The highest BCUT2D eigenvalue weighted by Crippen LogP contribution is 2.62. The number of aromatic nitrogens is 3. The Bertz CT molecular complexity index is 1540. The Morgan fingerprint density at radius 1 is 1.16 bits per heavy atom. The molecule has 38 heavy (non-hydrogen) atoms. The van der Waals surface area contributed by atoms with Crippen molar-refractivity contribution in [3.63, 3.8) is 0 Å². The lowest BCUT2D eigenvalue weighted by molar-refractivity contribution is -0.141. The van der Waals surface area contributed by atoms with Gasteiger partial charge in [0, 0.05) is 24.1 Å². The third-order valence-corrected chi connectivity index (χ3v) is 7.83. The molecule has 5 heterocycles. The highest BCUT2D eigenvalue weighted by Gasteiger charge is 2.73. The highest BCUT2D eigenvalue weighted by molar-refractivity contribution is 6.26. The number of pyridine rings is 1. The monoisotopic (exact) mass is 523 g/mol. The number of carbonyl (C=O) groups excluding carboxylic acids is 2. The zero-order valence-electron chi connectivity index (χ0n) is 20.0. The molecule has 0 N–H and O–H groups in total. The number of anilines is 1. The standard InChI is InChI=1S/C26H20F3N5O4/c1-24-6-7-25(38-24,8-10-37-18-11-17(26(27,28)29)32-13-33-18)20-19(24)22(35)34(23(20)36)16-5-4-14(12-30)21-15(16)3-2-9-31-21/h2-5,9,11,13,19-20H,6-8,10H2,1H3/t19-,20+,24?,25?/m1/s1. The zero-order valence-corrected chi connectivity index (χ0v) is 20.0. The van der Waals surface area contributed by atoms with Crippen LogP contribution >= 0.6 is 0 Å². The third kappa shape index (κ3) is 3.45. The average molecular weight is 523 g/mol. The van der Waals surface area contributed by atoms with Gasteiger partial charge in [-0.3, -0.25) is 14.6 Å². The summed E-state index contributed by atoms with van der Waals surface area (Å²) in [4.78, 5) is 40.0. The van der Waals surface area contributed by atoms with Crippen molar-refractivity contribution in [1.82, 2.24) is 15.0 Å². The molecule has 0 spiro atoms. The van der Waals surface area contributed by atoms with E-state index in [-0.39, 0.29) is 24.8 Å². The summed E-state index contributed by atoms with van der Waals surface area (Å²) in [5.41, 5.74) is -1.94. The molecule has 3 aromatic rings. The topological polar surface area (TPSA) is 118 Å². The normalized spacial score (nSPS) is 28.1. The van der Waals surface area contributed by atoms with E-state index in [2.05, 4.69) is 21.0 Å². The molecule has 9 nitrogen and oxygen atoms in total. The van der Waals surface area contributed by atoms with Gasteiger partial charge < -0.3 is 9.47 Å². The molecule has 6 rings (SSSR count). The summed E-state index contributed by atoms with van der Waals surface area (Å²) in [6.07, 6.45) is -1.11. The number of rotatable bonds is 5. The first-order valence-corrected chi connectivity index (χ1v) is 12.0. The van der Waals surface area contributed by atoms with E-state index in [1.807, 2.05) is 6.92 Å². The maximum Gasteiger partial charge on any atom is 0.433 e. The first-order valence-electron chi connectivity index (χ1n) is 12.0. The van der Waals surface area contributed by atoms with Crippen LogP contribution in [-0.2, 0) is 20.5 Å². The number of carbonyl (C=O) groups is 2. The number of alkyl halides is 3. The molecular formula is C26H20F3N5O4. The van der Waals surface area contributed by atoms with E-state index >= 15 is 0 Å². The minimum atomic E-state index is -4.64. The number of nitrogens with zero attached hydrogens (tertiary/aromatic N) is 5. The van der Waals surface area contributed by atoms with Crippen LogP contribution in [0.1, 0.15) is 37.4 Å². The van der Waals surface area contributed by atoms with E-state index in [9.17, 15) is 28.0 Å². The van der Waals surface area contributed by atoms with Gasteiger partial charge in [0.15, 0.2) is 5.69 Å². The third-order valence-electron chi connectivity index (χ3n) is 7.83. The smallest absolute Gasteiger partial charge is 0.433 e. The molecule has 3 aliphatic heterocycles. The molecule has 0 aliphatic carbocycles. The Hall–Kier alpha value is -4.11. The van der Waals surface area contributed by atoms with Crippen LogP contribution in [0.5, 0.6) is 5.88 Å². The van der Waals surface area contributed by atoms with Gasteiger partial charge in [0.05, 0.1) is 46.4 Å². The van der Waals surface area contributed by atoms with Crippen molar-refractivity contribution >= 4 is 28.4 Å². The summed E-state index contributed by atoms with van der Waals surface area (Å²) in [5.74, 6) is -2.55. The largest absolute Gasteiger partial charge is 0.477 e. The van der Waals surface area contributed by atoms with E-state index in [1.54, 1.807) is 18.2 Å². The number of amides is 2. The van der Waals surface area contributed by atoms with E-state index in [4.69, 9.17) is 9.47 Å². The summed E-state index contributed by atoms with van der Waals surface area (Å²) in [6.45, 7) is 1.74. The second-order valence-electron chi connectivity index (χ2n) is 9.93. The summed E-state index contributed by atoms with van der Waals surface area (Å²) < 4.78 is 50.8. The van der Waals surface area contributed by atoms with Gasteiger partial charge in [0.2, 0.25) is 17.7 Å². The number of hydrogen-bond acceptors (Lipinski definition) is 8. The van der Waals surface area contributed by atoms with Gasteiger partial charge in [-0.15, -0.1) is 0 Å². The summed E-state index contributed by atoms with van der Waals surface area (Å²) in [6, 6.07) is 9.28. The molecule has 3 aliphatic rings. The zero-order chi connectivity index (χ0) is 26.9. The minimum absolute atomic E-state index is 0.0706. The fourth-order valence-electron chi connectivity index (χ4n) is 6.19. The van der Waals surface area contributed by atoms with Crippen LogP contribution in [-0.4, -0.2) is 44.6 Å². The van der Waals surface area contributed by atoms with Gasteiger partial charge in [-0.2, -0.15) is 18.4 Å². The van der Waals surface area contributed by atoms with Gasteiger partial charge >= 0.3 is 6.18 Å². The van der Waals surface area contributed by atoms with Crippen LogP contribution in [0, 0.1) is 23.2 Å². The number of imide groups is 1. The minimum Gasteiger partial charge on any atom is -0.477 e. The molecule has 4 atom stereocenters. The van der Waals surface area contributed by atoms with Crippen molar-refractivity contribution < 1.29 is 32.2 Å². The molecular weight excluding hydrogens is 503 g/mol. The maximum absolute atomic E-state index is 13.9. The summed E-state index contributed by atoms with van der Waals surface area (Å²) >= 11 is 0. The molecule has 194 valence electrons. The van der Waals surface area contributed by atoms with Crippen LogP contribution in [0.2, 0.25) is 0 Å². The number of benzene rings is 1. The molecule has 12 heteroatoms. The lowest BCUT2D eigenvalue weighted by Gasteiger charge is -2.31. The molecule has 2 amide bonds. The second kappa shape index (κ2) is 8.19. The van der Waals surface area contributed by atoms with E-state index in [1.165, 1.54) is 17.2 Å². The van der Waals surface area contributed by atoms with Gasteiger partial charge in [-0.05, 0) is 44.0 Å². The van der Waals surface area contributed by atoms with Crippen molar-refractivity contribution in [2.45, 2.75) is 43.6 Å². The Morgan fingerprint density at radius 3 is 2.71 bits per heavy atom.